The first-order valence-corrected chi connectivity index (χ1v) is 13.6. The fourth-order valence-electron chi connectivity index (χ4n) is 6.55. The topological polar surface area (TPSA) is 26.3 Å². The highest BCUT2D eigenvalue weighted by molar-refractivity contribution is 6.24. The van der Waals surface area contributed by atoms with E-state index in [4.69, 9.17) is 8.83 Å². The highest BCUT2D eigenvalue weighted by Crippen LogP contribution is 2.47. The maximum absolute atomic E-state index is 6.74. The van der Waals surface area contributed by atoms with Crippen LogP contribution >= 0.6 is 0 Å². The SMILES string of the molecule is c1ccc(-c2c3ccccc3c(-c3cccc4c3oc3cc5c(cc34)oc3ccccc35)c3ccccc23)cc1. The maximum atomic E-state index is 6.74. The summed E-state index contributed by atoms with van der Waals surface area (Å²) in [4.78, 5) is 0. The Bertz CT molecular complexity index is 2370. The molecule has 0 bridgehead atoms. The first-order chi connectivity index (χ1) is 19.8. The third kappa shape index (κ3) is 2.93. The Hall–Kier alpha value is -5.34. The molecule has 2 heteroatoms. The molecule has 0 aliphatic rings. The van der Waals surface area contributed by atoms with E-state index >= 15 is 0 Å². The normalized spacial score (nSPS) is 12.0. The van der Waals surface area contributed by atoms with E-state index in [1.54, 1.807) is 0 Å². The summed E-state index contributed by atoms with van der Waals surface area (Å²) in [7, 11) is 0. The average Bonchev–Trinajstić information content (AvgIpc) is 3.56. The van der Waals surface area contributed by atoms with Gasteiger partial charge in [-0.05, 0) is 50.9 Å². The molecule has 186 valence electrons. The zero-order valence-electron chi connectivity index (χ0n) is 21.5. The number of rotatable bonds is 2. The van der Waals surface area contributed by atoms with Gasteiger partial charge in [-0.25, -0.2) is 0 Å². The van der Waals surface area contributed by atoms with Crippen molar-refractivity contribution in [2.24, 2.45) is 0 Å². The van der Waals surface area contributed by atoms with Gasteiger partial charge in [0.25, 0.3) is 0 Å². The largest absolute Gasteiger partial charge is 0.456 e. The Morgan fingerprint density at radius 2 is 0.850 bits per heavy atom. The van der Waals surface area contributed by atoms with Crippen LogP contribution in [0.2, 0.25) is 0 Å². The van der Waals surface area contributed by atoms with Crippen molar-refractivity contribution >= 4 is 65.4 Å². The van der Waals surface area contributed by atoms with Crippen LogP contribution < -0.4 is 0 Å². The third-order valence-corrected chi connectivity index (χ3v) is 8.26. The van der Waals surface area contributed by atoms with Crippen LogP contribution in [0.25, 0.3) is 87.7 Å². The molecule has 9 rings (SSSR count). The minimum atomic E-state index is 0.871. The predicted molar refractivity (Wildman–Crippen MR) is 167 cm³/mol. The number of fused-ring (bicyclic) bond motifs is 8. The van der Waals surface area contributed by atoms with Crippen molar-refractivity contribution in [2.75, 3.05) is 0 Å². The monoisotopic (exact) mass is 510 g/mol. The molecule has 0 fully saturated rings. The van der Waals surface area contributed by atoms with Crippen LogP contribution in [0.3, 0.4) is 0 Å². The molecule has 0 N–H and O–H groups in total. The molecule has 40 heavy (non-hydrogen) atoms. The van der Waals surface area contributed by atoms with E-state index in [2.05, 4.69) is 115 Å². The van der Waals surface area contributed by atoms with E-state index in [9.17, 15) is 0 Å². The summed E-state index contributed by atoms with van der Waals surface area (Å²) in [5.41, 5.74) is 8.33. The van der Waals surface area contributed by atoms with Crippen molar-refractivity contribution in [2.45, 2.75) is 0 Å². The van der Waals surface area contributed by atoms with Crippen LogP contribution in [0.5, 0.6) is 0 Å². The Kier molecular flexibility index (Phi) is 4.36. The van der Waals surface area contributed by atoms with E-state index in [0.717, 1.165) is 49.4 Å². The molecule has 0 aliphatic heterocycles. The van der Waals surface area contributed by atoms with E-state index in [1.807, 2.05) is 18.2 Å². The minimum absolute atomic E-state index is 0.871. The second kappa shape index (κ2) is 8.08. The van der Waals surface area contributed by atoms with E-state index < -0.39 is 0 Å². The molecule has 2 nitrogen and oxygen atoms in total. The van der Waals surface area contributed by atoms with E-state index in [1.165, 1.54) is 38.2 Å². The van der Waals surface area contributed by atoms with Gasteiger partial charge >= 0.3 is 0 Å². The van der Waals surface area contributed by atoms with Crippen molar-refractivity contribution in [3.8, 4) is 22.3 Å². The van der Waals surface area contributed by atoms with Crippen molar-refractivity contribution in [1.29, 1.82) is 0 Å². The zero-order valence-corrected chi connectivity index (χ0v) is 21.5. The molecular formula is C38H22O2. The predicted octanol–water partition coefficient (Wildman–Crippen LogP) is 11.1. The van der Waals surface area contributed by atoms with Crippen molar-refractivity contribution in [3.63, 3.8) is 0 Å². The van der Waals surface area contributed by atoms with Crippen LogP contribution in [-0.2, 0) is 0 Å². The van der Waals surface area contributed by atoms with Crippen molar-refractivity contribution in [3.05, 3.63) is 133 Å². The molecule has 0 aliphatic carbocycles. The Morgan fingerprint density at radius 1 is 0.325 bits per heavy atom. The molecule has 0 saturated carbocycles. The number of hydrogen-bond donors (Lipinski definition) is 0. The van der Waals surface area contributed by atoms with Gasteiger partial charge in [0.2, 0.25) is 0 Å². The summed E-state index contributed by atoms with van der Waals surface area (Å²) in [6.45, 7) is 0. The lowest BCUT2D eigenvalue weighted by Crippen LogP contribution is -1.90. The maximum Gasteiger partial charge on any atom is 0.143 e. The molecule has 0 amide bonds. The van der Waals surface area contributed by atoms with Crippen molar-refractivity contribution < 1.29 is 8.83 Å². The first kappa shape index (κ1) is 21.6. The lowest BCUT2D eigenvalue weighted by molar-refractivity contribution is 0.664. The van der Waals surface area contributed by atoms with Gasteiger partial charge in [-0.2, -0.15) is 0 Å². The molecule has 9 aromatic rings. The summed E-state index contributed by atoms with van der Waals surface area (Å²) in [5, 5.41) is 9.24. The lowest BCUT2D eigenvalue weighted by atomic mass is 9.85. The van der Waals surface area contributed by atoms with Gasteiger partial charge in [0.1, 0.15) is 22.3 Å². The molecule has 2 aromatic heterocycles. The standard InChI is InChI=1S/C38H22O2/c1-2-11-23(12-3-1)36-25-14-4-6-16-27(25)37(28-17-7-5-15-26(28)36)30-19-10-18-29-32-22-34-31(21-35(32)40-38(29)30)24-13-8-9-20-33(24)39-34/h1-22H. The van der Waals surface area contributed by atoms with Crippen LogP contribution in [0, 0.1) is 0 Å². The first-order valence-electron chi connectivity index (χ1n) is 13.6. The molecule has 0 spiro atoms. The second-order valence-corrected chi connectivity index (χ2v) is 10.4. The molecule has 0 radical (unpaired) electrons. The van der Waals surface area contributed by atoms with Gasteiger partial charge in [0.15, 0.2) is 0 Å². The third-order valence-electron chi connectivity index (χ3n) is 8.26. The van der Waals surface area contributed by atoms with Gasteiger partial charge in [-0.1, -0.05) is 115 Å². The molecule has 0 atom stereocenters. The summed E-state index contributed by atoms with van der Waals surface area (Å²) in [6, 6.07) is 47.1. The highest BCUT2D eigenvalue weighted by Gasteiger charge is 2.20. The fourth-order valence-corrected chi connectivity index (χ4v) is 6.55. The fraction of sp³-hybridized carbons (Fsp3) is 0. The Balaban J connectivity index is 1.41. The van der Waals surface area contributed by atoms with Crippen LogP contribution in [0.4, 0.5) is 0 Å². The van der Waals surface area contributed by atoms with Gasteiger partial charge in [-0.15, -0.1) is 0 Å². The summed E-state index contributed by atoms with van der Waals surface area (Å²) in [6.07, 6.45) is 0. The number of furan rings is 2. The van der Waals surface area contributed by atoms with E-state index in [-0.39, 0.29) is 0 Å². The van der Waals surface area contributed by atoms with Crippen LogP contribution in [0.1, 0.15) is 0 Å². The second-order valence-electron chi connectivity index (χ2n) is 10.4. The smallest absolute Gasteiger partial charge is 0.143 e. The molecule has 2 heterocycles. The zero-order chi connectivity index (χ0) is 26.2. The van der Waals surface area contributed by atoms with E-state index in [0.29, 0.717) is 0 Å². The van der Waals surface area contributed by atoms with Gasteiger partial charge in [0, 0.05) is 32.7 Å². The molecule has 0 unspecified atom stereocenters. The van der Waals surface area contributed by atoms with Crippen LogP contribution in [-0.4, -0.2) is 0 Å². The Morgan fingerprint density at radius 3 is 1.55 bits per heavy atom. The Labute approximate surface area is 229 Å². The van der Waals surface area contributed by atoms with Gasteiger partial charge < -0.3 is 8.83 Å². The lowest BCUT2D eigenvalue weighted by Gasteiger charge is -2.17. The van der Waals surface area contributed by atoms with Gasteiger partial charge in [0.05, 0.1) is 0 Å². The number of benzene rings is 7. The molecule has 0 saturated heterocycles. The quantitative estimate of drug-likeness (QED) is 0.216. The minimum Gasteiger partial charge on any atom is -0.456 e. The number of para-hydroxylation sites is 2. The van der Waals surface area contributed by atoms with Gasteiger partial charge in [-0.3, -0.25) is 0 Å². The van der Waals surface area contributed by atoms with Crippen LogP contribution in [0.15, 0.2) is 142 Å². The number of hydrogen-bond acceptors (Lipinski definition) is 2. The molecular weight excluding hydrogens is 488 g/mol. The molecule has 7 aromatic carbocycles. The van der Waals surface area contributed by atoms with Crippen molar-refractivity contribution in [1.82, 2.24) is 0 Å². The highest BCUT2D eigenvalue weighted by atomic mass is 16.3. The summed E-state index contributed by atoms with van der Waals surface area (Å²) in [5.74, 6) is 0. The summed E-state index contributed by atoms with van der Waals surface area (Å²) >= 11 is 0. The summed E-state index contributed by atoms with van der Waals surface area (Å²) < 4.78 is 13.0. The average molecular weight is 511 g/mol.